The van der Waals surface area contributed by atoms with Crippen molar-refractivity contribution in [2.24, 2.45) is 5.92 Å². The zero-order valence-corrected chi connectivity index (χ0v) is 13.5. The second-order valence-corrected chi connectivity index (χ2v) is 6.94. The highest BCUT2D eigenvalue weighted by Crippen LogP contribution is 2.24. The number of piperidine rings is 1. The molecule has 0 saturated carbocycles. The van der Waals surface area contributed by atoms with E-state index in [0.29, 0.717) is 6.61 Å². The Morgan fingerprint density at radius 1 is 1.19 bits per heavy atom. The smallest absolute Gasteiger partial charge is 0.123 e. The third kappa shape index (κ3) is 4.85. The van der Waals surface area contributed by atoms with E-state index in [1.807, 2.05) is 0 Å². The fourth-order valence-electron chi connectivity index (χ4n) is 2.66. The van der Waals surface area contributed by atoms with E-state index in [0.717, 1.165) is 44.5 Å². The summed E-state index contributed by atoms with van der Waals surface area (Å²) in [6.45, 7) is 10.3. The van der Waals surface area contributed by atoms with Crippen molar-refractivity contribution >= 4 is 6.29 Å². The maximum absolute atomic E-state index is 10.7. The lowest BCUT2D eigenvalue weighted by molar-refractivity contribution is -0.112. The van der Waals surface area contributed by atoms with Crippen molar-refractivity contribution in [2.45, 2.75) is 39.0 Å². The molecule has 0 bridgehead atoms. The molecule has 1 heterocycles. The molecule has 0 atom stereocenters. The first-order valence-electron chi connectivity index (χ1n) is 7.90. The minimum atomic E-state index is 0.182. The minimum Gasteiger partial charge on any atom is -0.492 e. The van der Waals surface area contributed by atoms with Crippen LogP contribution in [0.3, 0.4) is 0 Å². The van der Waals surface area contributed by atoms with Crippen molar-refractivity contribution in [2.75, 3.05) is 26.2 Å². The van der Waals surface area contributed by atoms with E-state index >= 15 is 0 Å². The highest BCUT2D eigenvalue weighted by Gasteiger charge is 2.18. The molecule has 1 aliphatic rings. The minimum absolute atomic E-state index is 0.182. The molecular weight excluding hydrogens is 262 g/mol. The van der Waals surface area contributed by atoms with Gasteiger partial charge in [0.05, 0.1) is 0 Å². The number of likely N-dealkylation sites (tertiary alicyclic amines) is 1. The van der Waals surface area contributed by atoms with Gasteiger partial charge in [-0.1, -0.05) is 32.9 Å². The second kappa shape index (κ2) is 7.08. The van der Waals surface area contributed by atoms with Crippen molar-refractivity contribution in [1.29, 1.82) is 0 Å². The van der Waals surface area contributed by atoms with Crippen LogP contribution in [0.25, 0.3) is 0 Å². The van der Waals surface area contributed by atoms with Crippen LogP contribution in [0.1, 0.15) is 39.2 Å². The number of rotatable bonds is 5. The van der Waals surface area contributed by atoms with Gasteiger partial charge in [0.25, 0.3) is 0 Å². The summed E-state index contributed by atoms with van der Waals surface area (Å²) >= 11 is 0. The zero-order valence-electron chi connectivity index (χ0n) is 13.5. The van der Waals surface area contributed by atoms with Gasteiger partial charge < -0.3 is 9.53 Å². The van der Waals surface area contributed by atoms with E-state index in [1.54, 1.807) is 0 Å². The van der Waals surface area contributed by atoms with Gasteiger partial charge >= 0.3 is 0 Å². The van der Waals surface area contributed by atoms with Gasteiger partial charge in [-0.3, -0.25) is 4.90 Å². The molecule has 1 aliphatic heterocycles. The Kier molecular flexibility index (Phi) is 5.40. The van der Waals surface area contributed by atoms with E-state index in [1.165, 1.54) is 5.56 Å². The Hall–Kier alpha value is -1.35. The SMILES string of the molecule is CC(C)(C)c1ccc(OCCN2CCC(C=O)CC2)cc1. The Bertz CT molecular complexity index is 439. The quantitative estimate of drug-likeness (QED) is 0.779. The molecule has 0 spiro atoms. The lowest BCUT2D eigenvalue weighted by atomic mass is 9.87. The Morgan fingerprint density at radius 2 is 1.81 bits per heavy atom. The fourth-order valence-corrected chi connectivity index (χ4v) is 2.66. The third-order valence-corrected chi connectivity index (χ3v) is 4.22. The average molecular weight is 289 g/mol. The summed E-state index contributed by atoms with van der Waals surface area (Å²) < 4.78 is 5.82. The molecule has 1 aromatic rings. The highest BCUT2D eigenvalue weighted by atomic mass is 16.5. The van der Waals surface area contributed by atoms with Crippen molar-refractivity contribution in [1.82, 2.24) is 4.90 Å². The molecule has 1 aromatic carbocycles. The molecule has 0 aliphatic carbocycles. The van der Waals surface area contributed by atoms with Crippen LogP contribution in [-0.2, 0) is 10.2 Å². The fraction of sp³-hybridized carbons (Fsp3) is 0.611. The van der Waals surface area contributed by atoms with Gasteiger partial charge in [-0.15, -0.1) is 0 Å². The standard InChI is InChI=1S/C18H27NO2/c1-18(2,3)16-4-6-17(7-5-16)21-13-12-19-10-8-15(14-20)9-11-19/h4-7,14-15H,8-13H2,1-3H3. The highest BCUT2D eigenvalue weighted by molar-refractivity contribution is 5.53. The van der Waals surface area contributed by atoms with Crippen molar-refractivity contribution in [3.8, 4) is 5.75 Å². The molecule has 1 fully saturated rings. The van der Waals surface area contributed by atoms with Gasteiger partial charge in [0.15, 0.2) is 0 Å². The number of ether oxygens (including phenoxy) is 1. The molecule has 116 valence electrons. The molecule has 0 N–H and O–H groups in total. The topological polar surface area (TPSA) is 29.5 Å². The average Bonchev–Trinajstić information content (AvgIpc) is 2.47. The number of nitrogens with zero attached hydrogens (tertiary/aromatic N) is 1. The largest absolute Gasteiger partial charge is 0.492 e. The van der Waals surface area contributed by atoms with E-state index in [2.05, 4.69) is 49.9 Å². The monoisotopic (exact) mass is 289 g/mol. The molecule has 0 amide bonds. The Balaban J connectivity index is 1.73. The molecule has 0 unspecified atom stereocenters. The van der Waals surface area contributed by atoms with Crippen molar-refractivity contribution < 1.29 is 9.53 Å². The van der Waals surface area contributed by atoms with Crippen LogP contribution in [0.5, 0.6) is 5.75 Å². The van der Waals surface area contributed by atoms with E-state index in [9.17, 15) is 4.79 Å². The summed E-state index contributed by atoms with van der Waals surface area (Å²) in [6.07, 6.45) is 3.08. The zero-order chi connectivity index (χ0) is 15.3. The summed E-state index contributed by atoms with van der Waals surface area (Å²) in [5, 5.41) is 0. The maximum atomic E-state index is 10.7. The Labute approximate surface area is 128 Å². The van der Waals surface area contributed by atoms with Gasteiger partial charge in [-0.2, -0.15) is 0 Å². The van der Waals surface area contributed by atoms with E-state index in [4.69, 9.17) is 4.74 Å². The molecule has 21 heavy (non-hydrogen) atoms. The number of benzene rings is 1. The molecule has 3 nitrogen and oxygen atoms in total. The van der Waals surface area contributed by atoms with Gasteiger partial charge in [-0.25, -0.2) is 0 Å². The van der Waals surface area contributed by atoms with Gasteiger partial charge in [0.1, 0.15) is 18.6 Å². The van der Waals surface area contributed by atoms with Gasteiger partial charge in [-0.05, 0) is 49.0 Å². The predicted octanol–water partition coefficient (Wildman–Crippen LogP) is 3.27. The van der Waals surface area contributed by atoms with Crippen LogP contribution >= 0.6 is 0 Å². The summed E-state index contributed by atoms with van der Waals surface area (Å²) in [7, 11) is 0. The van der Waals surface area contributed by atoms with E-state index < -0.39 is 0 Å². The summed E-state index contributed by atoms with van der Waals surface area (Å²) in [5.41, 5.74) is 1.51. The first-order valence-corrected chi connectivity index (χ1v) is 7.90. The summed E-state index contributed by atoms with van der Waals surface area (Å²) in [5.74, 6) is 1.21. The summed E-state index contributed by atoms with van der Waals surface area (Å²) in [6, 6.07) is 8.40. The molecule has 2 rings (SSSR count). The van der Waals surface area contributed by atoms with Crippen LogP contribution in [0.2, 0.25) is 0 Å². The van der Waals surface area contributed by atoms with Crippen molar-refractivity contribution in [3.63, 3.8) is 0 Å². The number of aldehydes is 1. The molecular formula is C18H27NO2. The molecule has 0 aromatic heterocycles. The van der Waals surface area contributed by atoms with Crippen LogP contribution in [0, 0.1) is 5.92 Å². The van der Waals surface area contributed by atoms with Crippen LogP contribution < -0.4 is 4.74 Å². The van der Waals surface area contributed by atoms with Crippen LogP contribution in [0.15, 0.2) is 24.3 Å². The maximum Gasteiger partial charge on any atom is 0.123 e. The number of hydrogen-bond donors (Lipinski definition) is 0. The molecule has 0 radical (unpaired) electrons. The molecule has 3 heteroatoms. The first-order chi connectivity index (χ1) is 9.99. The summed E-state index contributed by atoms with van der Waals surface area (Å²) in [4.78, 5) is 13.1. The lowest BCUT2D eigenvalue weighted by Crippen LogP contribution is -2.36. The van der Waals surface area contributed by atoms with E-state index in [-0.39, 0.29) is 11.3 Å². The van der Waals surface area contributed by atoms with Crippen molar-refractivity contribution in [3.05, 3.63) is 29.8 Å². The second-order valence-electron chi connectivity index (χ2n) is 6.94. The van der Waals surface area contributed by atoms with Crippen LogP contribution in [-0.4, -0.2) is 37.4 Å². The first kappa shape index (κ1) is 16.0. The predicted molar refractivity (Wildman–Crippen MR) is 85.9 cm³/mol. The normalized spacial score (nSPS) is 17.7. The number of carbonyl (C=O) groups excluding carboxylic acids is 1. The molecule has 1 saturated heterocycles. The number of hydrogen-bond acceptors (Lipinski definition) is 3. The van der Waals surface area contributed by atoms with Crippen LogP contribution in [0.4, 0.5) is 0 Å². The van der Waals surface area contributed by atoms with Gasteiger partial charge in [0, 0.05) is 12.5 Å². The Morgan fingerprint density at radius 3 is 2.33 bits per heavy atom. The van der Waals surface area contributed by atoms with Gasteiger partial charge in [0.2, 0.25) is 0 Å². The number of carbonyl (C=O) groups is 1. The third-order valence-electron chi connectivity index (χ3n) is 4.22. The lowest BCUT2D eigenvalue weighted by Gasteiger charge is -2.29.